The van der Waals surface area contributed by atoms with Gasteiger partial charge in [-0.2, -0.15) is 0 Å². The summed E-state index contributed by atoms with van der Waals surface area (Å²) in [4.78, 5) is 11.5. The molecule has 1 amide bonds. The van der Waals surface area contributed by atoms with Crippen LogP contribution < -0.4 is 5.32 Å². The van der Waals surface area contributed by atoms with Gasteiger partial charge in [-0.3, -0.25) is 4.79 Å². The van der Waals surface area contributed by atoms with E-state index in [0.717, 1.165) is 18.9 Å². The molecule has 3 rings (SSSR count). The van der Waals surface area contributed by atoms with E-state index in [4.69, 9.17) is 0 Å². The molecule has 13 heavy (non-hydrogen) atoms. The molecule has 1 aliphatic heterocycles. The third kappa shape index (κ3) is 0.866. The van der Waals surface area contributed by atoms with Crippen molar-refractivity contribution in [1.29, 1.82) is 0 Å². The van der Waals surface area contributed by atoms with Gasteiger partial charge in [-0.1, -0.05) is 12.8 Å². The summed E-state index contributed by atoms with van der Waals surface area (Å²) in [5.74, 6) is 1.61. The molecule has 0 aromatic rings. The first-order chi connectivity index (χ1) is 6.33. The van der Waals surface area contributed by atoms with Crippen LogP contribution in [0.5, 0.6) is 0 Å². The van der Waals surface area contributed by atoms with E-state index in [9.17, 15) is 4.79 Å². The summed E-state index contributed by atoms with van der Waals surface area (Å²) >= 11 is 0. The number of hydrogen-bond donors (Lipinski definition) is 1. The van der Waals surface area contributed by atoms with Crippen LogP contribution in [0.25, 0.3) is 0 Å². The molecule has 2 saturated carbocycles. The summed E-state index contributed by atoms with van der Waals surface area (Å²) in [6.45, 7) is 0.987. The minimum atomic E-state index is 0.346. The highest BCUT2D eigenvalue weighted by molar-refractivity contribution is 5.83. The van der Waals surface area contributed by atoms with Crippen LogP contribution in [0, 0.1) is 17.3 Å². The summed E-state index contributed by atoms with van der Waals surface area (Å²) in [6, 6.07) is 0. The second kappa shape index (κ2) is 2.49. The fourth-order valence-corrected chi connectivity index (χ4v) is 3.77. The summed E-state index contributed by atoms with van der Waals surface area (Å²) in [5.41, 5.74) is 0.424. The monoisotopic (exact) mass is 179 g/mol. The second-order valence-corrected chi connectivity index (χ2v) is 5.02. The summed E-state index contributed by atoms with van der Waals surface area (Å²) in [6.07, 6.45) is 8.01. The van der Waals surface area contributed by atoms with Gasteiger partial charge in [-0.05, 0) is 31.6 Å². The van der Waals surface area contributed by atoms with Crippen LogP contribution in [-0.4, -0.2) is 12.5 Å². The fourth-order valence-electron chi connectivity index (χ4n) is 3.77. The van der Waals surface area contributed by atoms with Crippen LogP contribution in [0.15, 0.2) is 0 Å². The minimum absolute atomic E-state index is 0.346. The SMILES string of the molecule is O=C1NCC2(C3CCCC3)CCC12. The van der Waals surface area contributed by atoms with E-state index in [1.165, 1.54) is 32.1 Å². The topological polar surface area (TPSA) is 29.1 Å². The van der Waals surface area contributed by atoms with Gasteiger partial charge in [-0.25, -0.2) is 0 Å². The molecule has 1 N–H and O–H groups in total. The third-order valence-electron chi connectivity index (χ3n) is 4.67. The maximum absolute atomic E-state index is 11.5. The Labute approximate surface area is 79.1 Å². The zero-order chi connectivity index (χ0) is 8.89. The Morgan fingerprint density at radius 2 is 2.00 bits per heavy atom. The number of rotatable bonds is 1. The van der Waals surface area contributed by atoms with E-state index in [-0.39, 0.29) is 0 Å². The highest BCUT2D eigenvalue weighted by Crippen LogP contribution is 2.58. The number of carbonyl (C=O) groups is 1. The Bertz CT molecular complexity index is 244. The van der Waals surface area contributed by atoms with Crippen molar-refractivity contribution in [2.75, 3.05) is 6.54 Å². The van der Waals surface area contributed by atoms with E-state index in [0.29, 0.717) is 17.2 Å². The highest BCUT2D eigenvalue weighted by atomic mass is 16.2. The minimum Gasteiger partial charge on any atom is -0.355 e. The van der Waals surface area contributed by atoms with E-state index in [1.54, 1.807) is 0 Å². The molecule has 0 radical (unpaired) electrons. The van der Waals surface area contributed by atoms with E-state index in [2.05, 4.69) is 5.32 Å². The van der Waals surface area contributed by atoms with Crippen LogP contribution in [0.1, 0.15) is 38.5 Å². The molecule has 0 spiro atoms. The fraction of sp³-hybridized carbons (Fsp3) is 0.909. The Morgan fingerprint density at radius 3 is 2.54 bits per heavy atom. The molecule has 3 aliphatic rings. The van der Waals surface area contributed by atoms with Crippen molar-refractivity contribution in [2.24, 2.45) is 17.3 Å². The maximum atomic E-state index is 11.5. The van der Waals surface area contributed by atoms with E-state index >= 15 is 0 Å². The van der Waals surface area contributed by atoms with Crippen molar-refractivity contribution in [3.05, 3.63) is 0 Å². The van der Waals surface area contributed by atoms with Crippen LogP contribution >= 0.6 is 0 Å². The van der Waals surface area contributed by atoms with Gasteiger partial charge in [0.15, 0.2) is 0 Å². The normalized spacial score (nSPS) is 44.3. The molecule has 1 heterocycles. The molecule has 1 saturated heterocycles. The lowest BCUT2D eigenvalue weighted by Gasteiger charge is -2.47. The molecule has 2 unspecified atom stereocenters. The van der Waals surface area contributed by atoms with E-state index in [1.807, 2.05) is 0 Å². The molecule has 3 fully saturated rings. The first-order valence-corrected chi connectivity index (χ1v) is 5.61. The first-order valence-electron chi connectivity index (χ1n) is 5.61. The molecular weight excluding hydrogens is 162 g/mol. The van der Waals surface area contributed by atoms with Gasteiger partial charge in [0.2, 0.25) is 5.91 Å². The molecule has 72 valence electrons. The van der Waals surface area contributed by atoms with Gasteiger partial charge in [0.05, 0.1) is 0 Å². The zero-order valence-electron chi connectivity index (χ0n) is 8.01. The van der Waals surface area contributed by atoms with Crippen molar-refractivity contribution in [3.8, 4) is 0 Å². The van der Waals surface area contributed by atoms with Crippen LogP contribution in [0.4, 0.5) is 0 Å². The highest BCUT2D eigenvalue weighted by Gasteiger charge is 2.58. The number of nitrogens with one attached hydrogen (secondary N) is 1. The summed E-state index contributed by atoms with van der Waals surface area (Å²) in [7, 11) is 0. The average molecular weight is 179 g/mol. The standard InChI is InChI=1S/C11H17NO/c13-10-9-5-6-11(9,7-12-10)8-3-1-2-4-8/h8-9H,1-7H2,(H,12,13). The maximum Gasteiger partial charge on any atom is 0.223 e. The van der Waals surface area contributed by atoms with Crippen LogP contribution in [0.3, 0.4) is 0 Å². The predicted octanol–water partition coefficient (Wildman–Crippen LogP) is 1.70. The van der Waals surface area contributed by atoms with Crippen LogP contribution in [0.2, 0.25) is 0 Å². The Hall–Kier alpha value is -0.530. The first kappa shape index (κ1) is 7.84. The molecule has 2 aliphatic carbocycles. The van der Waals surface area contributed by atoms with E-state index < -0.39 is 0 Å². The molecule has 0 aromatic carbocycles. The molecule has 0 bridgehead atoms. The zero-order valence-corrected chi connectivity index (χ0v) is 8.01. The Balaban J connectivity index is 1.84. The van der Waals surface area contributed by atoms with Gasteiger partial charge in [0, 0.05) is 17.9 Å². The van der Waals surface area contributed by atoms with Gasteiger partial charge in [-0.15, -0.1) is 0 Å². The summed E-state index contributed by atoms with van der Waals surface area (Å²) in [5, 5.41) is 3.06. The van der Waals surface area contributed by atoms with Gasteiger partial charge >= 0.3 is 0 Å². The largest absolute Gasteiger partial charge is 0.355 e. The van der Waals surface area contributed by atoms with Gasteiger partial charge in [0.1, 0.15) is 0 Å². The number of fused-ring (bicyclic) bond motifs is 1. The lowest BCUT2D eigenvalue weighted by molar-refractivity contribution is -0.129. The Morgan fingerprint density at radius 1 is 1.23 bits per heavy atom. The van der Waals surface area contributed by atoms with Crippen molar-refractivity contribution in [2.45, 2.75) is 38.5 Å². The molecule has 2 nitrogen and oxygen atoms in total. The molecule has 2 atom stereocenters. The second-order valence-electron chi connectivity index (χ2n) is 5.02. The molecule has 2 heteroatoms. The quantitative estimate of drug-likeness (QED) is 0.652. The smallest absolute Gasteiger partial charge is 0.223 e. The van der Waals surface area contributed by atoms with Crippen molar-refractivity contribution >= 4 is 5.91 Å². The Kier molecular flexibility index (Phi) is 1.50. The van der Waals surface area contributed by atoms with Gasteiger partial charge in [0.25, 0.3) is 0 Å². The summed E-state index contributed by atoms with van der Waals surface area (Å²) < 4.78 is 0. The van der Waals surface area contributed by atoms with Gasteiger partial charge < -0.3 is 5.32 Å². The predicted molar refractivity (Wildman–Crippen MR) is 50.1 cm³/mol. The number of carbonyl (C=O) groups excluding carboxylic acids is 1. The lowest BCUT2D eigenvalue weighted by atomic mass is 9.55. The van der Waals surface area contributed by atoms with Crippen molar-refractivity contribution in [3.63, 3.8) is 0 Å². The number of hydrogen-bond acceptors (Lipinski definition) is 1. The van der Waals surface area contributed by atoms with Crippen molar-refractivity contribution < 1.29 is 4.79 Å². The van der Waals surface area contributed by atoms with Crippen LogP contribution in [-0.2, 0) is 4.79 Å². The number of amides is 1. The third-order valence-corrected chi connectivity index (χ3v) is 4.67. The molecular formula is C11H17NO. The molecule has 0 aromatic heterocycles. The van der Waals surface area contributed by atoms with Crippen molar-refractivity contribution in [1.82, 2.24) is 5.32 Å². The lowest BCUT2D eigenvalue weighted by Crippen LogP contribution is -2.45. The average Bonchev–Trinajstić information content (AvgIpc) is 2.61.